The number of rotatable bonds is 4. The Hall–Kier alpha value is -1.70. The zero-order valence-electron chi connectivity index (χ0n) is 13.3. The minimum Gasteiger partial charge on any atom is -0.352 e. The van der Waals surface area contributed by atoms with Crippen LogP contribution in [0.15, 0.2) is 12.4 Å². The van der Waals surface area contributed by atoms with Crippen molar-refractivity contribution < 1.29 is 13.2 Å². The van der Waals surface area contributed by atoms with Gasteiger partial charge in [0.05, 0.1) is 23.9 Å². The normalized spacial score (nSPS) is 23.2. The molecule has 3 heterocycles. The van der Waals surface area contributed by atoms with E-state index in [9.17, 15) is 13.2 Å². The molecule has 0 radical (unpaired) electrons. The van der Waals surface area contributed by atoms with Crippen molar-refractivity contribution in [3.8, 4) is 0 Å². The molecule has 2 fully saturated rings. The molecule has 0 spiro atoms. The molecule has 0 aromatic carbocycles. The lowest BCUT2D eigenvalue weighted by Gasteiger charge is -2.27. The van der Waals surface area contributed by atoms with E-state index in [1.54, 1.807) is 11.1 Å². The fourth-order valence-electron chi connectivity index (χ4n) is 3.29. The maximum absolute atomic E-state index is 12.3. The first-order chi connectivity index (χ1) is 11.0. The molecule has 1 aromatic rings. The third-order valence-corrected chi connectivity index (χ3v) is 6.29. The highest BCUT2D eigenvalue weighted by atomic mass is 32.2. The Kier molecular flexibility index (Phi) is 4.52. The first kappa shape index (κ1) is 16.2. The number of likely N-dealkylation sites (tertiary alicyclic amines) is 1. The summed E-state index contributed by atoms with van der Waals surface area (Å²) in [5.74, 6) is 0.949. The number of amides is 1. The van der Waals surface area contributed by atoms with Crippen LogP contribution in [0.25, 0.3) is 0 Å². The van der Waals surface area contributed by atoms with Crippen LogP contribution >= 0.6 is 0 Å². The number of aromatic nitrogens is 2. The van der Waals surface area contributed by atoms with Crippen molar-refractivity contribution >= 4 is 21.6 Å². The van der Waals surface area contributed by atoms with Crippen molar-refractivity contribution in [3.05, 3.63) is 18.1 Å². The van der Waals surface area contributed by atoms with Crippen LogP contribution in [0.5, 0.6) is 0 Å². The smallest absolute Gasteiger partial charge is 0.274 e. The molecule has 1 aromatic heterocycles. The summed E-state index contributed by atoms with van der Waals surface area (Å²) in [5.41, 5.74) is 0.353. The van der Waals surface area contributed by atoms with Gasteiger partial charge in [-0.15, -0.1) is 0 Å². The molecule has 2 aliphatic rings. The zero-order valence-corrected chi connectivity index (χ0v) is 14.1. The SMILES string of the molecule is CCN(c1cnc(C(=O)N2CCCC2)cn1)C1CCS(=O)(=O)C1. The van der Waals surface area contributed by atoms with Gasteiger partial charge in [0.15, 0.2) is 9.84 Å². The number of anilines is 1. The molecule has 8 heteroatoms. The minimum absolute atomic E-state index is 0.0561. The van der Waals surface area contributed by atoms with Crippen LogP contribution in [-0.4, -0.2) is 66.4 Å². The van der Waals surface area contributed by atoms with E-state index in [1.807, 2.05) is 11.8 Å². The van der Waals surface area contributed by atoms with Crippen molar-refractivity contribution in [2.24, 2.45) is 0 Å². The highest BCUT2D eigenvalue weighted by Gasteiger charge is 2.32. The molecular formula is C15H22N4O3S. The monoisotopic (exact) mass is 338 g/mol. The van der Waals surface area contributed by atoms with E-state index >= 15 is 0 Å². The Morgan fingerprint density at radius 3 is 2.57 bits per heavy atom. The maximum atomic E-state index is 12.3. The Morgan fingerprint density at radius 1 is 1.30 bits per heavy atom. The summed E-state index contributed by atoms with van der Waals surface area (Å²) in [6.45, 7) is 4.19. The highest BCUT2D eigenvalue weighted by Crippen LogP contribution is 2.22. The molecule has 1 unspecified atom stereocenters. The van der Waals surface area contributed by atoms with Gasteiger partial charge in [-0.25, -0.2) is 18.4 Å². The number of hydrogen-bond acceptors (Lipinski definition) is 6. The van der Waals surface area contributed by atoms with E-state index in [0.29, 0.717) is 24.5 Å². The summed E-state index contributed by atoms with van der Waals surface area (Å²) in [7, 11) is -2.94. The van der Waals surface area contributed by atoms with E-state index in [4.69, 9.17) is 0 Å². The summed E-state index contributed by atoms with van der Waals surface area (Å²) in [5, 5.41) is 0. The average molecular weight is 338 g/mol. The van der Waals surface area contributed by atoms with Crippen molar-refractivity contribution in [1.29, 1.82) is 0 Å². The van der Waals surface area contributed by atoms with Crippen molar-refractivity contribution in [2.45, 2.75) is 32.2 Å². The van der Waals surface area contributed by atoms with Crippen LogP contribution < -0.4 is 4.90 Å². The Morgan fingerprint density at radius 2 is 2.04 bits per heavy atom. The Labute approximate surface area is 136 Å². The maximum Gasteiger partial charge on any atom is 0.274 e. The van der Waals surface area contributed by atoms with Gasteiger partial charge < -0.3 is 9.80 Å². The third kappa shape index (κ3) is 3.46. The van der Waals surface area contributed by atoms with Crippen LogP contribution in [-0.2, 0) is 9.84 Å². The second-order valence-electron chi connectivity index (χ2n) is 6.10. The van der Waals surface area contributed by atoms with E-state index < -0.39 is 9.84 Å². The summed E-state index contributed by atoms with van der Waals surface area (Å²) >= 11 is 0. The molecule has 2 saturated heterocycles. The molecule has 1 atom stereocenters. The molecular weight excluding hydrogens is 316 g/mol. The second-order valence-corrected chi connectivity index (χ2v) is 8.33. The summed E-state index contributed by atoms with van der Waals surface area (Å²) in [4.78, 5) is 24.6. The molecule has 3 rings (SSSR count). The van der Waals surface area contributed by atoms with Gasteiger partial charge in [-0.3, -0.25) is 4.79 Å². The quantitative estimate of drug-likeness (QED) is 0.805. The Balaban J connectivity index is 1.74. The van der Waals surface area contributed by atoms with E-state index in [2.05, 4.69) is 9.97 Å². The second kappa shape index (κ2) is 6.43. The highest BCUT2D eigenvalue weighted by molar-refractivity contribution is 7.91. The lowest BCUT2D eigenvalue weighted by atomic mass is 10.2. The van der Waals surface area contributed by atoms with Crippen LogP contribution in [0.2, 0.25) is 0 Å². The molecule has 1 amide bonds. The van der Waals surface area contributed by atoms with Gasteiger partial charge in [0.25, 0.3) is 5.91 Å². The molecule has 0 aliphatic carbocycles. The van der Waals surface area contributed by atoms with Crippen LogP contribution in [0.3, 0.4) is 0 Å². The van der Waals surface area contributed by atoms with Gasteiger partial charge in [0.2, 0.25) is 0 Å². The lowest BCUT2D eigenvalue weighted by molar-refractivity contribution is 0.0786. The molecule has 0 N–H and O–H groups in total. The number of nitrogens with zero attached hydrogens (tertiary/aromatic N) is 4. The third-order valence-electron chi connectivity index (χ3n) is 4.53. The lowest BCUT2D eigenvalue weighted by Crippen LogP contribution is -2.37. The number of sulfone groups is 1. The molecule has 126 valence electrons. The van der Waals surface area contributed by atoms with Gasteiger partial charge in [-0.2, -0.15) is 0 Å². The van der Waals surface area contributed by atoms with Gasteiger partial charge >= 0.3 is 0 Å². The van der Waals surface area contributed by atoms with E-state index in [0.717, 1.165) is 25.9 Å². The number of hydrogen-bond donors (Lipinski definition) is 0. The first-order valence-corrected chi connectivity index (χ1v) is 9.90. The summed E-state index contributed by atoms with van der Waals surface area (Å²) < 4.78 is 23.3. The van der Waals surface area contributed by atoms with Gasteiger partial charge in [-0.05, 0) is 26.2 Å². The van der Waals surface area contributed by atoms with Gasteiger partial charge in [0.1, 0.15) is 11.5 Å². The van der Waals surface area contributed by atoms with Crippen molar-refractivity contribution in [1.82, 2.24) is 14.9 Å². The molecule has 0 bridgehead atoms. The fourth-order valence-corrected chi connectivity index (χ4v) is 5.02. The standard InChI is InChI=1S/C15H22N4O3S/c1-2-19(12-5-8-23(21,22)11-12)14-10-16-13(9-17-14)15(20)18-6-3-4-7-18/h9-10,12H,2-8,11H2,1H3. The zero-order chi connectivity index (χ0) is 16.4. The summed E-state index contributed by atoms with van der Waals surface area (Å²) in [6, 6.07) is -0.0561. The predicted molar refractivity (Wildman–Crippen MR) is 87.2 cm³/mol. The molecule has 23 heavy (non-hydrogen) atoms. The topological polar surface area (TPSA) is 83.5 Å². The predicted octanol–water partition coefficient (Wildman–Crippen LogP) is 0.726. The van der Waals surface area contributed by atoms with Gasteiger partial charge in [0, 0.05) is 25.7 Å². The number of carbonyl (C=O) groups excluding carboxylic acids is 1. The fraction of sp³-hybridized carbons (Fsp3) is 0.667. The van der Waals surface area contributed by atoms with Crippen molar-refractivity contribution in [3.63, 3.8) is 0 Å². The van der Waals surface area contributed by atoms with Gasteiger partial charge in [-0.1, -0.05) is 0 Å². The molecule has 0 saturated carbocycles. The van der Waals surface area contributed by atoms with Crippen molar-refractivity contribution in [2.75, 3.05) is 36.0 Å². The van der Waals surface area contributed by atoms with E-state index in [-0.39, 0.29) is 23.5 Å². The molecule has 2 aliphatic heterocycles. The van der Waals surface area contributed by atoms with E-state index in [1.165, 1.54) is 6.20 Å². The van der Waals surface area contributed by atoms with Crippen LogP contribution in [0.4, 0.5) is 5.82 Å². The van der Waals surface area contributed by atoms with Crippen LogP contribution in [0.1, 0.15) is 36.7 Å². The summed E-state index contributed by atoms with van der Waals surface area (Å²) in [6.07, 6.45) is 5.78. The minimum atomic E-state index is -2.94. The van der Waals surface area contributed by atoms with Crippen LogP contribution in [0, 0.1) is 0 Å². The first-order valence-electron chi connectivity index (χ1n) is 8.08. The Bertz CT molecular complexity index is 668. The number of carbonyl (C=O) groups is 1. The largest absolute Gasteiger partial charge is 0.352 e. The average Bonchev–Trinajstić information content (AvgIpc) is 3.18. The molecule has 7 nitrogen and oxygen atoms in total.